The molecule has 7 nitrogen and oxygen atoms in total. The van der Waals surface area contributed by atoms with Gasteiger partial charge in [-0.1, -0.05) is 12.1 Å². The van der Waals surface area contributed by atoms with Gasteiger partial charge in [-0.25, -0.2) is 18.3 Å². The van der Waals surface area contributed by atoms with E-state index in [0.717, 1.165) is 24.7 Å². The number of benzene rings is 2. The molecule has 0 spiro atoms. The minimum absolute atomic E-state index is 0.0729. The first kappa shape index (κ1) is 23.1. The van der Waals surface area contributed by atoms with Gasteiger partial charge in [-0.15, -0.1) is 0 Å². The van der Waals surface area contributed by atoms with Gasteiger partial charge in [0, 0.05) is 29.9 Å². The zero-order valence-corrected chi connectivity index (χ0v) is 17.8. The molecule has 0 aliphatic heterocycles. The van der Waals surface area contributed by atoms with Crippen molar-refractivity contribution in [3.8, 4) is 11.3 Å². The molecule has 9 heteroatoms. The molecule has 0 aliphatic carbocycles. The summed E-state index contributed by atoms with van der Waals surface area (Å²) < 4.78 is 28.3. The number of halogens is 2. The molecule has 32 heavy (non-hydrogen) atoms. The van der Waals surface area contributed by atoms with Crippen LogP contribution >= 0.6 is 0 Å². The Hall–Kier alpha value is -3.59. The van der Waals surface area contributed by atoms with Gasteiger partial charge in [0.1, 0.15) is 11.6 Å². The Morgan fingerprint density at radius 3 is 2.41 bits per heavy atom. The molecule has 0 aliphatic rings. The van der Waals surface area contributed by atoms with Gasteiger partial charge in [0.15, 0.2) is 0 Å². The molecule has 3 aromatic rings. The molecular weight excluding hydrogens is 418 g/mol. The van der Waals surface area contributed by atoms with E-state index >= 15 is 0 Å². The lowest BCUT2D eigenvalue weighted by Gasteiger charge is -2.21. The van der Waals surface area contributed by atoms with Crippen LogP contribution in [0.5, 0.6) is 0 Å². The molecule has 1 N–H and O–H groups in total. The van der Waals surface area contributed by atoms with E-state index < -0.39 is 23.3 Å². The molecular formula is C23H24F2N4O3. The zero-order chi connectivity index (χ0) is 23.3. The minimum atomic E-state index is -1.06. The van der Waals surface area contributed by atoms with Gasteiger partial charge in [-0.05, 0) is 63.0 Å². The third kappa shape index (κ3) is 5.98. The largest absolute Gasteiger partial charge is 0.465 e. The van der Waals surface area contributed by atoms with Crippen LogP contribution in [0.4, 0.5) is 19.3 Å². The van der Waals surface area contributed by atoms with Crippen molar-refractivity contribution >= 4 is 11.8 Å². The Bertz CT molecular complexity index is 1140. The SMILES string of the molecule is CN(C)CCCN(C(=O)O)c1cccc(Cn2nc(-c3cc(F)cc(F)c3)ccc2=O)c1. The van der Waals surface area contributed by atoms with E-state index in [0.29, 0.717) is 24.2 Å². The third-order valence-electron chi connectivity index (χ3n) is 4.80. The Kier molecular flexibility index (Phi) is 7.32. The first-order valence-corrected chi connectivity index (χ1v) is 10.0. The van der Waals surface area contributed by atoms with Gasteiger partial charge in [0.25, 0.3) is 5.56 Å². The molecule has 0 fully saturated rings. The van der Waals surface area contributed by atoms with Crippen LogP contribution in [0, 0.1) is 11.6 Å². The Morgan fingerprint density at radius 2 is 1.75 bits per heavy atom. The second-order valence-corrected chi connectivity index (χ2v) is 7.63. The van der Waals surface area contributed by atoms with Gasteiger partial charge in [0.05, 0.1) is 12.2 Å². The van der Waals surface area contributed by atoms with Crippen LogP contribution in [0.25, 0.3) is 11.3 Å². The van der Waals surface area contributed by atoms with Crippen LogP contribution in [0.15, 0.2) is 59.4 Å². The highest BCUT2D eigenvalue weighted by molar-refractivity contribution is 5.86. The van der Waals surface area contributed by atoms with Crippen molar-refractivity contribution in [2.24, 2.45) is 0 Å². The first-order chi connectivity index (χ1) is 15.2. The number of rotatable bonds is 8. The molecule has 1 heterocycles. The Morgan fingerprint density at radius 1 is 1.03 bits per heavy atom. The highest BCUT2D eigenvalue weighted by Crippen LogP contribution is 2.20. The van der Waals surface area contributed by atoms with Crippen molar-refractivity contribution in [1.82, 2.24) is 14.7 Å². The summed E-state index contributed by atoms with van der Waals surface area (Å²) in [5.41, 5.74) is 1.22. The summed E-state index contributed by atoms with van der Waals surface area (Å²) >= 11 is 0. The highest BCUT2D eigenvalue weighted by atomic mass is 19.1. The molecule has 0 unspecified atom stereocenters. The molecule has 0 bridgehead atoms. The van der Waals surface area contributed by atoms with E-state index in [-0.39, 0.29) is 17.8 Å². The lowest BCUT2D eigenvalue weighted by atomic mass is 10.1. The van der Waals surface area contributed by atoms with Crippen molar-refractivity contribution in [3.05, 3.63) is 82.1 Å². The summed E-state index contributed by atoms with van der Waals surface area (Å²) in [4.78, 5) is 27.3. The van der Waals surface area contributed by atoms with Crippen LogP contribution in [-0.2, 0) is 6.54 Å². The van der Waals surface area contributed by atoms with Gasteiger partial charge in [0.2, 0.25) is 0 Å². The van der Waals surface area contributed by atoms with Gasteiger partial charge in [-0.3, -0.25) is 9.69 Å². The number of anilines is 1. The maximum atomic E-state index is 13.6. The number of carboxylic acid groups (broad SMARTS) is 1. The zero-order valence-electron chi connectivity index (χ0n) is 17.8. The molecule has 2 aromatic carbocycles. The number of hydrogen-bond donors (Lipinski definition) is 1. The lowest BCUT2D eigenvalue weighted by molar-refractivity contribution is 0.201. The number of amides is 1. The van der Waals surface area contributed by atoms with E-state index in [1.165, 1.54) is 21.7 Å². The highest BCUT2D eigenvalue weighted by Gasteiger charge is 2.15. The number of aromatic nitrogens is 2. The van der Waals surface area contributed by atoms with Crippen LogP contribution < -0.4 is 10.5 Å². The lowest BCUT2D eigenvalue weighted by Crippen LogP contribution is -2.32. The molecule has 1 aromatic heterocycles. The van der Waals surface area contributed by atoms with Gasteiger partial charge < -0.3 is 10.0 Å². The fraction of sp³-hybridized carbons (Fsp3) is 0.261. The van der Waals surface area contributed by atoms with E-state index in [2.05, 4.69) is 5.10 Å². The molecule has 0 atom stereocenters. The Labute approximate surface area is 184 Å². The molecule has 0 saturated heterocycles. The summed E-state index contributed by atoms with van der Waals surface area (Å²) in [6.45, 7) is 1.15. The fourth-order valence-corrected chi connectivity index (χ4v) is 3.29. The van der Waals surface area contributed by atoms with E-state index in [4.69, 9.17) is 0 Å². The number of hydrogen-bond acceptors (Lipinski definition) is 4. The van der Waals surface area contributed by atoms with Gasteiger partial charge >= 0.3 is 6.09 Å². The summed E-state index contributed by atoms with van der Waals surface area (Å²) in [7, 11) is 3.84. The number of carbonyl (C=O) groups is 1. The second-order valence-electron chi connectivity index (χ2n) is 7.63. The fourth-order valence-electron chi connectivity index (χ4n) is 3.29. The smallest absolute Gasteiger partial charge is 0.411 e. The predicted molar refractivity (Wildman–Crippen MR) is 118 cm³/mol. The maximum absolute atomic E-state index is 13.6. The molecule has 0 saturated carbocycles. The van der Waals surface area contributed by atoms with E-state index in [1.807, 2.05) is 19.0 Å². The monoisotopic (exact) mass is 442 g/mol. The van der Waals surface area contributed by atoms with Crippen LogP contribution in [0.2, 0.25) is 0 Å². The summed E-state index contributed by atoms with van der Waals surface area (Å²) in [5.74, 6) is -1.48. The van der Waals surface area contributed by atoms with E-state index in [9.17, 15) is 23.5 Å². The molecule has 0 radical (unpaired) electrons. The quantitative estimate of drug-likeness (QED) is 0.576. The van der Waals surface area contributed by atoms with E-state index in [1.54, 1.807) is 24.3 Å². The van der Waals surface area contributed by atoms with Crippen LogP contribution in [0.1, 0.15) is 12.0 Å². The molecule has 168 valence electrons. The van der Waals surface area contributed by atoms with Crippen molar-refractivity contribution in [2.75, 3.05) is 32.1 Å². The van der Waals surface area contributed by atoms with Crippen molar-refractivity contribution in [1.29, 1.82) is 0 Å². The summed E-state index contributed by atoms with van der Waals surface area (Å²) in [6.07, 6.45) is -0.400. The summed E-state index contributed by atoms with van der Waals surface area (Å²) in [5, 5.41) is 13.8. The van der Waals surface area contributed by atoms with Crippen molar-refractivity contribution in [2.45, 2.75) is 13.0 Å². The topological polar surface area (TPSA) is 78.7 Å². The maximum Gasteiger partial charge on any atom is 0.411 e. The average Bonchev–Trinajstić information content (AvgIpc) is 2.72. The number of nitrogens with zero attached hydrogens (tertiary/aromatic N) is 4. The van der Waals surface area contributed by atoms with Crippen LogP contribution in [-0.4, -0.2) is 53.1 Å². The standard InChI is InChI=1S/C23H24F2N4O3/c1-27(2)9-4-10-28(23(31)32)20-6-3-5-16(11-20)15-29-22(30)8-7-21(26-29)17-12-18(24)14-19(25)13-17/h3,5-8,11-14H,4,9-10,15H2,1-2H3,(H,31,32). The minimum Gasteiger partial charge on any atom is -0.465 e. The predicted octanol–water partition coefficient (Wildman–Crippen LogP) is 3.67. The molecule has 1 amide bonds. The first-order valence-electron chi connectivity index (χ1n) is 10.0. The third-order valence-corrected chi connectivity index (χ3v) is 4.80. The van der Waals surface area contributed by atoms with Crippen molar-refractivity contribution < 1.29 is 18.7 Å². The summed E-state index contributed by atoms with van der Waals surface area (Å²) in [6, 6.07) is 12.6. The Balaban J connectivity index is 1.86. The molecule has 3 rings (SSSR count). The average molecular weight is 442 g/mol. The second kappa shape index (κ2) is 10.1. The van der Waals surface area contributed by atoms with Gasteiger partial charge in [-0.2, -0.15) is 5.10 Å². The van der Waals surface area contributed by atoms with Crippen molar-refractivity contribution in [3.63, 3.8) is 0 Å². The normalized spacial score (nSPS) is 11.0. The van der Waals surface area contributed by atoms with Crippen LogP contribution in [0.3, 0.4) is 0 Å².